The number of amides is 1. The Labute approximate surface area is 170 Å². The highest BCUT2D eigenvalue weighted by Gasteiger charge is 2.32. The summed E-state index contributed by atoms with van der Waals surface area (Å²) in [5, 5.41) is 2.35. The molecule has 0 spiro atoms. The maximum Gasteiger partial charge on any atom is 0.224 e. The van der Waals surface area contributed by atoms with Gasteiger partial charge in [0.1, 0.15) is 5.82 Å². The molecule has 0 radical (unpaired) electrons. The Morgan fingerprint density at radius 2 is 2.04 bits per heavy atom. The van der Waals surface area contributed by atoms with Gasteiger partial charge in [-0.25, -0.2) is 12.8 Å². The van der Waals surface area contributed by atoms with Gasteiger partial charge in [-0.3, -0.25) is 9.78 Å². The second-order valence-electron chi connectivity index (χ2n) is 6.61. The zero-order valence-electron chi connectivity index (χ0n) is 15.4. The lowest BCUT2D eigenvalue weighted by Crippen LogP contribution is -2.49. The summed E-state index contributed by atoms with van der Waals surface area (Å²) in [5.74, 6) is -0.721. The molecule has 1 aromatic heterocycles. The molecular weight excluding hydrogens is 405 g/mol. The summed E-state index contributed by atoms with van der Waals surface area (Å²) in [7, 11) is -3.71. The smallest absolute Gasteiger partial charge is 0.224 e. The molecule has 0 saturated carbocycles. The van der Waals surface area contributed by atoms with E-state index in [1.165, 1.54) is 19.1 Å². The van der Waals surface area contributed by atoms with E-state index in [9.17, 15) is 17.6 Å². The van der Waals surface area contributed by atoms with Crippen LogP contribution in [-0.2, 0) is 14.6 Å². The minimum Gasteiger partial charge on any atom is -0.333 e. The van der Waals surface area contributed by atoms with E-state index in [1.807, 2.05) is 12.1 Å². The number of rotatable bonds is 5. The van der Waals surface area contributed by atoms with Gasteiger partial charge in [-0.15, -0.1) is 12.4 Å². The van der Waals surface area contributed by atoms with Crippen molar-refractivity contribution in [2.45, 2.75) is 29.5 Å². The predicted octanol–water partition coefficient (Wildman–Crippen LogP) is 2.37. The van der Waals surface area contributed by atoms with Gasteiger partial charge in [0.2, 0.25) is 5.91 Å². The van der Waals surface area contributed by atoms with Crippen LogP contribution in [0.3, 0.4) is 0 Å². The maximum absolute atomic E-state index is 13.1. The van der Waals surface area contributed by atoms with Gasteiger partial charge >= 0.3 is 0 Å². The number of hydrogen-bond acceptors (Lipinski definition) is 5. The average Bonchev–Trinajstić information content (AvgIpc) is 2.69. The molecule has 6 nitrogen and oxygen atoms in total. The quantitative estimate of drug-likeness (QED) is 0.741. The normalized spacial score (nSPS) is 18.2. The first-order chi connectivity index (χ1) is 12.9. The minimum atomic E-state index is -3.71. The van der Waals surface area contributed by atoms with Crippen molar-refractivity contribution < 1.29 is 17.6 Å². The number of sulfone groups is 1. The molecule has 2 unspecified atom stereocenters. The molecule has 9 heteroatoms. The number of piperazine rings is 1. The highest BCUT2D eigenvalue weighted by Crippen LogP contribution is 2.25. The molecule has 0 bridgehead atoms. The fourth-order valence-electron chi connectivity index (χ4n) is 3.20. The van der Waals surface area contributed by atoms with Crippen molar-refractivity contribution in [2.24, 2.45) is 0 Å². The van der Waals surface area contributed by atoms with E-state index in [2.05, 4.69) is 10.3 Å². The molecule has 1 fully saturated rings. The van der Waals surface area contributed by atoms with Crippen molar-refractivity contribution in [3.63, 3.8) is 0 Å². The van der Waals surface area contributed by atoms with Gasteiger partial charge in [-0.1, -0.05) is 6.07 Å². The Morgan fingerprint density at radius 1 is 1.32 bits per heavy atom. The van der Waals surface area contributed by atoms with Gasteiger partial charge < -0.3 is 10.2 Å². The van der Waals surface area contributed by atoms with Crippen molar-refractivity contribution >= 4 is 28.2 Å². The lowest BCUT2D eigenvalue weighted by molar-refractivity contribution is -0.134. The molecule has 1 saturated heterocycles. The van der Waals surface area contributed by atoms with E-state index in [4.69, 9.17) is 0 Å². The van der Waals surface area contributed by atoms with E-state index in [0.29, 0.717) is 19.6 Å². The molecule has 152 valence electrons. The Morgan fingerprint density at radius 3 is 2.68 bits per heavy atom. The predicted molar refractivity (Wildman–Crippen MR) is 106 cm³/mol. The molecule has 28 heavy (non-hydrogen) atoms. The highest BCUT2D eigenvalue weighted by atomic mass is 35.5. The number of pyridine rings is 1. The fourth-order valence-corrected chi connectivity index (χ4v) is 4.55. The molecule has 1 aromatic carbocycles. The number of carbonyl (C=O) groups is 1. The number of halogens is 2. The van der Waals surface area contributed by atoms with Crippen molar-refractivity contribution in [3.05, 3.63) is 60.2 Å². The first-order valence-electron chi connectivity index (χ1n) is 8.79. The monoisotopic (exact) mass is 427 g/mol. The Bertz CT molecular complexity index is 894. The van der Waals surface area contributed by atoms with Gasteiger partial charge in [0, 0.05) is 38.4 Å². The topological polar surface area (TPSA) is 79.4 Å². The standard InChI is InChI=1S/C19H22FN3O3S.ClH/c1-14(27(25,26)17-6-4-16(20)5-7-17)11-19(24)23-10-9-22-13-18(23)15-3-2-8-21-12-15;/h2-8,12,14,18,22H,9-11,13H2,1H3;1H. The number of carbonyl (C=O) groups excluding carboxylic acids is 1. The van der Waals surface area contributed by atoms with Gasteiger partial charge in [-0.05, 0) is 42.8 Å². The van der Waals surface area contributed by atoms with E-state index in [0.717, 1.165) is 17.7 Å². The number of hydrogen-bond donors (Lipinski definition) is 1. The van der Waals surface area contributed by atoms with Crippen LogP contribution in [0.15, 0.2) is 53.7 Å². The summed E-state index contributed by atoms with van der Waals surface area (Å²) in [4.78, 5) is 18.7. The zero-order valence-corrected chi connectivity index (χ0v) is 17.0. The van der Waals surface area contributed by atoms with Gasteiger partial charge in [-0.2, -0.15) is 0 Å². The molecule has 1 aliphatic heterocycles. The lowest BCUT2D eigenvalue weighted by Gasteiger charge is -2.37. The first kappa shape index (κ1) is 22.3. The highest BCUT2D eigenvalue weighted by molar-refractivity contribution is 7.92. The Balaban J connectivity index is 0.00000280. The molecule has 2 heterocycles. The summed E-state index contributed by atoms with van der Waals surface area (Å²) in [5.41, 5.74) is 0.909. The van der Waals surface area contributed by atoms with Gasteiger partial charge in [0.25, 0.3) is 0 Å². The number of nitrogens with zero attached hydrogens (tertiary/aromatic N) is 2. The minimum absolute atomic E-state index is 0. The molecule has 1 amide bonds. The molecule has 3 rings (SSSR count). The van der Waals surface area contributed by atoms with Gasteiger partial charge in [0.15, 0.2) is 9.84 Å². The van der Waals surface area contributed by atoms with Crippen LogP contribution in [0.2, 0.25) is 0 Å². The Kier molecular flexibility index (Phi) is 7.51. The molecular formula is C19H23ClFN3O3S. The second kappa shape index (κ2) is 9.45. The largest absolute Gasteiger partial charge is 0.333 e. The molecule has 1 aliphatic rings. The van der Waals surface area contributed by atoms with Crippen LogP contribution in [0, 0.1) is 5.82 Å². The number of aromatic nitrogens is 1. The molecule has 2 atom stereocenters. The molecule has 1 N–H and O–H groups in total. The Hall–Kier alpha value is -2.03. The fraction of sp³-hybridized carbons (Fsp3) is 0.368. The van der Waals surface area contributed by atoms with Crippen LogP contribution in [0.4, 0.5) is 4.39 Å². The summed E-state index contributed by atoms with van der Waals surface area (Å²) in [6.07, 6.45) is 3.26. The summed E-state index contributed by atoms with van der Waals surface area (Å²) in [6.45, 7) is 3.26. The van der Waals surface area contributed by atoms with Crippen LogP contribution < -0.4 is 5.32 Å². The van der Waals surface area contributed by atoms with Crippen molar-refractivity contribution in [3.8, 4) is 0 Å². The van der Waals surface area contributed by atoms with Crippen molar-refractivity contribution in [1.82, 2.24) is 15.2 Å². The first-order valence-corrected chi connectivity index (χ1v) is 10.3. The van der Waals surface area contributed by atoms with Crippen LogP contribution >= 0.6 is 12.4 Å². The number of nitrogens with one attached hydrogen (secondary N) is 1. The summed E-state index contributed by atoms with van der Waals surface area (Å²) in [6, 6.07) is 8.22. The van der Waals surface area contributed by atoms with Gasteiger partial charge in [0.05, 0.1) is 16.2 Å². The van der Waals surface area contributed by atoms with Crippen LogP contribution in [0.1, 0.15) is 24.9 Å². The SMILES string of the molecule is CC(CC(=O)N1CCNCC1c1cccnc1)S(=O)(=O)c1ccc(F)cc1.Cl. The van der Waals surface area contributed by atoms with Crippen LogP contribution in [0.5, 0.6) is 0 Å². The molecule has 0 aliphatic carbocycles. The van der Waals surface area contributed by atoms with E-state index < -0.39 is 20.9 Å². The third kappa shape index (κ3) is 4.87. The molecule has 2 aromatic rings. The second-order valence-corrected chi connectivity index (χ2v) is 8.97. The van der Waals surface area contributed by atoms with Crippen molar-refractivity contribution in [2.75, 3.05) is 19.6 Å². The third-order valence-electron chi connectivity index (χ3n) is 4.77. The van der Waals surface area contributed by atoms with E-state index in [1.54, 1.807) is 17.3 Å². The maximum atomic E-state index is 13.1. The number of benzene rings is 1. The summed E-state index contributed by atoms with van der Waals surface area (Å²) < 4.78 is 38.5. The third-order valence-corrected chi connectivity index (χ3v) is 6.92. The average molecular weight is 428 g/mol. The summed E-state index contributed by atoms with van der Waals surface area (Å²) >= 11 is 0. The lowest BCUT2D eigenvalue weighted by atomic mass is 10.0. The van der Waals surface area contributed by atoms with E-state index in [-0.39, 0.29) is 35.7 Å². The van der Waals surface area contributed by atoms with Crippen LogP contribution in [-0.4, -0.2) is 49.1 Å². The van der Waals surface area contributed by atoms with Crippen LogP contribution in [0.25, 0.3) is 0 Å². The van der Waals surface area contributed by atoms with E-state index >= 15 is 0 Å². The van der Waals surface area contributed by atoms with Crippen molar-refractivity contribution in [1.29, 1.82) is 0 Å². The zero-order chi connectivity index (χ0) is 19.4.